The van der Waals surface area contributed by atoms with Gasteiger partial charge in [-0.15, -0.1) is 0 Å². The van der Waals surface area contributed by atoms with Crippen molar-refractivity contribution in [2.75, 3.05) is 38.5 Å². The van der Waals surface area contributed by atoms with Gasteiger partial charge in [-0.3, -0.25) is 4.99 Å². The highest BCUT2D eigenvalue weighted by molar-refractivity contribution is 7.89. The molecule has 168 valence electrons. The van der Waals surface area contributed by atoms with E-state index < -0.39 is 21.7 Å². The summed E-state index contributed by atoms with van der Waals surface area (Å²) in [5, 5.41) is 6.10. The zero-order valence-electron chi connectivity index (χ0n) is 18.2. The highest BCUT2D eigenvalue weighted by Crippen LogP contribution is 2.25. The Morgan fingerprint density at radius 1 is 1.24 bits per heavy atom. The van der Waals surface area contributed by atoms with Crippen LogP contribution < -0.4 is 15.4 Å². The molecular formula is C19H37N5O4S. The van der Waals surface area contributed by atoms with Gasteiger partial charge in [0.1, 0.15) is 5.60 Å². The summed E-state index contributed by atoms with van der Waals surface area (Å²) in [6.45, 7) is 10.2. The molecule has 1 unspecified atom stereocenters. The maximum Gasteiger partial charge on any atom is 0.407 e. The van der Waals surface area contributed by atoms with Gasteiger partial charge in [0.2, 0.25) is 10.0 Å². The third kappa shape index (κ3) is 8.77. The van der Waals surface area contributed by atoms with Crippen molar-refractivity contribution >= 4 is 22.1 Å². The lowest BCUT2D eigenvalue weighted by Gasteiger charge is -2.25. The largest absolute Gasteiger partial charge is 0.444 e. The van der Waals surface area contributed by atoms with E-state index in [1.807, 2.05) is 32.6 Å². The normalized spacial score (nSPS) is 21.0. The highest BCUT2D eigenvalue weighted by atomic mass is 32.2. The number of carbonyl (C=O) groups is 1. The van der Waals surface area contributed by atoms with Crippen LogP contribution in [0, 0.1) is 5.92 Å². The van der Waals surface area contributed by atoms with Crippen LogP contribution in [0.5, 0.6) is 0 Å². The van der Waals surface area contributed by atoms with Crippen molar-refractivity contribution in [3.63, 3.8) is 0 Å². The molecule has 1 saturated heterocycles. The second kappa shape index (κ2) is 10.5. The summed E-state index contributed by atoms with van der Waals surface area (Å²) in [5.74, 6) is 1.14. The molecule has 9 nitrogen and oxygen atoms in total. The van der Waals surface area contributed by atoms with Gasteiger partial charge in [0.15, 0.2) is 5.96 Å². The SMILES string of the molecule is CCNC(=NCCS(=O)(=O)NCC1CCC1)N1CCC(NC(=O)OC(C)(C)C)C1. The summed E-state index contributed by atoms with van der Waals surface area (Å²) in [6, 6.07) is -0.0263. The molecule has 1 atom stereocenters. The number of rotatable bonds is 8. The van der Waals surface area contributed by atoms with E-state index in [0.29, 0.717) is 31.5 Å². The zero-order chi connectivity index (χ0) is 21.5. The van der Waals surface area contributed by atoms with E-state index in [1.165, 1.54) is 6.42 Å². The monoisotopic (exact) mass is 431 g/mol. The molecule has 1 heterocycles. The predicted octanol–water partition coefficient (Wildman–Crippen LogP) is 1.27. The summed E-state index contributed by atoms with van der Waals surface area (Å²) < 4.78 is 32.3. The van der Waals surface area contributed by atoms with E-state index in [4.69, 9.17) is 4.74 Å². The fourth-order valence-corrected chi connectivity index (χ4v) is 4.22. The molecule has 0 bridgehead atoms. The number of hydrogen-bond donors (Lipinski definition) is 3. The molecule has 2 fully saturated rings. The lowest BCUT2D eigenvalue weighted by molar-refractivity contribution is 0.0507. The standard InChI is InChI=1S/C19H37N5O4S/c1-5-20-17(21-10-12-29(26,27)22-13-15-7-6-8-15)24-11-9-16(14-24)23-18(25)28-19(2,3)4/h15-16,22H,5-14H2,1-4H3,(H,20,21)(H,23,25). The van der Waals surface area contributed by atoms with Crippen molar-refractivity contribution in [1.82, 2.24) is 20.3 Å². The number of amides is 1. The number of sulfonamides is 1. The molecular weight excluding hydrogens is 394 g/mol. The average molecular weight is 432 g/mol. The number of hydrogen-bond acceptors (Lipinski definition) is 5. The quantitative estimate of drug-likeness (QED) is 0.394. The molecule has 3 N–H and O–H groups in total. The third-order valence-electron chi connectivity index (χ3n) is 4.98. The number of guanidine groups is 1. The second-order valence-corrected chi connectivity index (χ2v) is 10.7. The minimum atomic E-state index is -3.31. The summed E-state index contributed by atoms with van der Waals surface area (Å²) in [6.07, 6.45) is 3.78. The van der Waals surface area contributed by atoms with Gasteiger partial charge in [0.25, 0.3) is 0 Å². The molecule has 10 heteroatoms. The van der Waals surface area contributed by atoms with Gasteiger partial charge in [-0.2, -0.15) is 0 Å². The fourth-order valence-electron chi connectivity index (χ4n) is 3.26. The van der Waals surface area contributed by atoms with E-state index in [-0.39, 0.29) is 18.3 Å². The van der Waals surface area contributed by atoms with Crippen molar-refractivity contribution in [1.29, 1.82) is 0 Å². The second-order valence-electron chi connectivity index (χ2n) is 8.78. The molecule has 0 spiro atoms. The van der Waals surface area contributed by atoms with Gasteiger partial charge < -0.3 is 20.3 Å². The molecule has 29 heavy (non-hydrogen) atoms. The lowest BCUT2D eigenvalue weighted by atomic mass is 9.86. The first-order valence-electron chi connectivity index (χ1n) is 10.6. The summed E-state index contributed by atoms with van der Waals surface area (Å²) in [4.78, 5) is 18.5. The summed E-state index contributed by atoms with van der Waals surface area (Å²) in [5.41, 5.74) is -0.531. The van der Waals surface area contributed by atoms with E-state index in [2.05, 4.69) is 20.3 Å². The van der Waals surface area contributed by atoms with Gasteiger partial charge in [-0.1, -0.05) is 6.42 Å². The zero-order valence-corrected chi connectivity index (χ0v) is 19.0. The third-order valence-corrected chi connectivity index (χ3v) is 6.31. The molecule has 1 aliphatic heterocycles. The van der Waals surface area contributed by atoms with Crippen molar-refractivity contribution in [2.45, 2.75) is 65.0 Å². The average Bonchev–Trinajstić information content (AvgIpc) is 2.98. The van der Waals surface area contributed by atoms with E-state index >= 15 is 0 Å². The molecule has 2 rings (SSSR count). The first-order chi connectivity index (χ1) is 13.6. The van der Waals surface area contributed by atoms with Gasteiger partial charge in [0.05, 0.1) is 18.3 Å². The molecule has 0 aromatic heterocycles. The van der Waals surface area contributed by atoms with Crippen molar-refractivity contribution in [3.05, 3.63) is 0 Å². The van der Waals surface area contributed by atoms with Gasteiger partial charge in [-0.05, 0) is 52.9 Å². The Labute approximate surface area is 175 Å². The number of aliphatic imine (C=N–C) groups is 1. The van der Waals surface area contributed by atoms with Crippen molar-refractivity contribution in [3.8, 4) is 0 Å². The van der Waals surface area contributed by atoms with Crippen LogP contribution >= 0.6 is 0 Å². The van der Waals surface area contributed by atoms with Crippen LogP contribution in [0.3, 0.4) is 0 Å². The number of alkyl carbamates (subject to hydrolysis) is 1. The lowest BCUT2D eigenvalue weighted by Crippen LogP contribution is -2.44. The van der Waals surface area contributed by atoms with E-state index in [9.17, 15) is 13.2 Å². The number of nitrogens with one attached hydrogen (secondary N) is 3. The van der Waals surface area contributed by atoms with Crippen molar-refractivity contribution < 1.29 is 17.9 Å². The Morgan fingerprint density at radius 3 is 2.55 bits per heavy atom. The van der Waals surface area contributed by atoms with Gasteiger partial charge in [-0.25, -0.2) is 17.9 Å². The summed E-state index contributed by atoms with van der Waals surface area (Å²) >= 11 is 0. The van der Waals surface area contributed by atoms with Crippen LogP contribution in [0.1, 0.15) is 53.4 Å². The molecule has 0 aromatic carbocycles. The molecule has 1 aliphatic carbocycles. The number of likely N-dealkylation sites (tertiary alicyclic amines) is 1. The maximum absolute atomic E-state index is 12.1. The summed E-state index contributed by atoms with van der Waals surface area (Å²) in [7, 11) is -3.31. The minimum absolute atomic E-state index is 0.0258. The van der Waals surface area contributed by atoms with E-state index in [0.717, 1.165) is 25.8 Å². The van der Waals surface area contributed by atoms with Crippen molar-refractivity contribution in [2.24, 2.45) is 10.9 Å². The Bertz CT molecular complexity index is 671. The fraction of sp³-hybridized carbons (Fsp3) is 0.895. The van der Waals surface area contributed by atoms with Crippen LogP contribution in [0.25, 0.3) is 0 Å². The topological polar surface area (TPSA) is 112 Å². The van der Waals surface area contributed by atoms with Gasteiger partial charge >= 0.3 is 6.09 Å². The van der Waals surface area contributed by atoms with Crippen LogP contribution in [0.2, 0.25) is 0 Å². The molecule has 1 saturated carbocycles. The van der Waals surface area contributed by atoms with E-state index in [1.54, 1.807) is 0 Å². The smallest absolute Gasteiger partial charge is 0.407 e. The number of carbonyl (C=O) groups excluding carboxylic acids is 1. The highest BCUT2D eigenvalue weighted by Gasteiger charge is 2.28. The number of nitrogens with zero attached hydrogens (tertiary/aromatic N) is 2. The van der Waals surface area contributed by atoms with Gasteiger partial charge in [0, 0.05) is 26.2 Å². The first kappa shape index (κ1) is 23.7. The maximum atomic E-state index is 12.1. The first-order valence-corrected chi connectivity index (χ1v) is 12.2. The molecule has 0 aromatic rings. The predicted molar refractivity (Wildman–Crippen MR) is 114 cm³/mol. The molecule has 1 amide bonds. The van der Waals surface area contributed by atoms with Crippen LogP contribution in [0.15, 0.2) is 4.99 Å². The Hall–Kier alpha value is -1.55. The molecule has 2 aliphatic rings. The van der Waals surface area contributed by atoms with Crippen LogP contribution in [-0.4, -0.2) is 75.5 Å². The Balaban J connectivity index is 1.81. The minimum Gasteiger partial charge on any atom is -0.444 e. The number of ether oxygens (including phenoxy) is 1. The molecule has 0 radical (unpaired) electrons. The Kier molecular flexibility index (Phi) is 8.57. The van der Waals surface area contributed by atoms with Crippen LogP contribution in [0.4, 0.5) is 4.79 Å². The van der Waals surface area contributed by atoms with Crippen LogP contribution in [-0.2, 0) is 14.8 Å². The Morgan fingerprint density at radius 2 is 1.97 bits per heavy atom.